The number of carbonyl (C=O) groups is 2. The molecule has 5 heteroatoms. The first-order valence-corrected chi connectivity index (χ1v) is 8.84. The molecule has 0 radical (unpaired) electrons. The molecule has 0 bridgehead atoms. The largest absolute Gasteiger partial charge is 0.481 e. The quantitative estimate of drug-likeness (QED) is 0.918. The predicted octanol–water partition coefficient (Wildman–Crippen LogP) is 2.11. The fourth-order valence-corrected chi connectivity index (χ4v) is 3.98. The Hall–Kier alpha value is -1.88. The lowest BCUT2D eigenvalue weighted by molar-refractivity contribution is -0.141. The van der Waals surface area contributed by atoms with Crippen molar-refractivity contribution in [3.8, 4) is 0 Å². The minimum Gasteiger partial charge on any atom is -0.481 e. The number of benzene rings is 1. The van der Waals surface area contributed by atoms with Gasteiger partial charge in [-0.25, -0.2) is 0 Å². The standard InChI is InChI=1S/C19H26N2O3/c1-14-7-3-4-8-15(14)16-11-21(12-17(16)19(23)24)18(22)13-20-9-5-2-6-10-20/h3-4,7-8,16-17H,2,5-6,9-13H2,1H3,(H,23,24). The Balaban J connectivity index is 1.71. The van der Waals surface area contributed by atoms with Gasteiger partial charge in [0.1, 0.15) is 0 Å². The normalized spacial score (nSPS) is 25.0. The number of amides is 1. The molecule has 1 aromatic rings. The van der Waals surface area contributed by atoms with Crippen molar-refractivity contribution in [1.82, 2.24) is 9.80 Å². The van der Waals surface area contributed by atoms with Crippen LogP contribution in [0, 0.1) is 12.8 Å². The highest BCUT2D eigenvalue weighted by Crippen LogP contribution is 2.34. The third-order valence-corrected chi connectivity index (χ3v) is 5.39. The van der Waals surface area contributed by atoms with Gasteiger partial charge < -0.3 is 10.0 Å². The van der Waals surface area contributed by atoms with Crippen LogP contribution in [0.5, 0.6) is 0 Å². The van der Waals surface area contributed by atoms with Crippen LogP contribution in [0.3, 0.4) is 0 Å². The molecule has 5 nitrogen and oxygen atoms in total. The molecule has 0 spiro atoms. The highest BCUT2D eigenvalue weighted by molar-refractivity contribution is 5.81. The Morgan fingerprint density at radius 2 is 1.83 bits per heavy atom. The van der Waals surface area contributed by atoms with Crippen molar-refractivity contribution in [1.29, 1.82) is 0 Å². The number of aliphatic carboxylic acids is 1. The average Bonchev–Trinajstić information content (AvgIpc) is 3.02. The third kappa shape index (κ3) is 3.61. The fourth-order valence-electron chi connectivity index (χ4n) is 3.98. The van der Waals surface area contributed by atoms with Crippen LogP contribution in [0.2, 0.25) is 0 Å². The van der Waals surface area contributed by atoms with Gasteiger partial charge in [0, 0.05) is 19.0 Å². The van der Waals surface area contributed by atoms with Crippen molar-refractivity contribution < 1.29 is 14.7 Å². The summed E-state index contributed by atoms with van der Waals surface area (Å²) in [6, 6.07) is 7.91. The molecule has 3 rings (SSSR count). The van der Waals surface area contributed by atoms with E-state index in [-0.39, 0.29) is 11.8 Å². The zero-order valence-electron chi connectivity index (χ0n) is 14.3. The van der Waals surface area contributed by atoms with E-state index < -0.39 is 11.9 Å². The number of likely N-dealkylation sites (tertiary alicyclic amines) is 2. The molecule has 24 heavy (non-hydrogen) atoms. The monoisotopic (exact) mass is 330 g/mol. The second-order valence-electron chi connectivity index (χ2n) is 7.04. The summed E-state index contributed by atoms with van der Waals surface area (Å²) in [5, 5.41) is 9.61. The van der Waals surface area contributed by atoms with Gasteiger partial charge in [-0.3, -0.25) is 14.5 Å². The van der Waals surface area contributed by atoms with E-state index >= 15 is 0 Å². The molecule has 2 aliphatic heterocycles. The van der Waals surface area contributed by atoms with Gasteiger partial charge >= 0.3 is 5.97 Å². The molecule has 0 aliphatic carbocycles. The number of carboxylic acids is 1. The van der Waals surface area contributed by atoms with Crippen molar-refractivity contribution in [2.45, 2.75) is 32.1 Å². The smallest absolute Gasteiger partial charge is 0.308 e. The average molecular weight is 330 g/mol. The number of hydrogen-bond donors (Lipinski definition) is 1. The Labute approximate surface area is 143 Å². The molecule has 0 saturated carbocycles. The highest BCUT2D eigenvalue weighted by Gasteiger charge is 2.41. The summed E-state index contributed by atoms with van der Waals surface area (Å²) in [6.45, 7) is 5.21. The molecule has 1 aromatic carbocycles. The number of piperidine rings is 1. The number of rotatable bonds is 4. The van der Waals surface area contributed by atoms with Crippen molar-refractivity contribution in [3.63, 3.8) is 0 Å². The Kier molecular flexibility index (Phi) is 5.19. The SMILES string of the molecule is Cc1ccccc1C1CN(C(=O)CN2CCCCC2)CC1C(=O)O. The van der Waals surface area contributed by atoms with E-state index in [0.717, 1.165) is 37.1 Å². The van der Waals surface area contributed by atoms with Crippen molar-refractivity contribution in [2.24, 2.45) is 5.92 Å². The molecular weight excluding hydrogens is 304 g/mol. The molecule has 0 aromatic heterocycles. The van der Waals surface area contributed by atoms with Crippen LogP contribution in [-0.4, -0.2) is 59.5 Å². The summed E-state index contributed by atoms with van der Waals surface area (Å²) in [6.07, 6.45) is 3.54. The van der Waals surface area contributed by atoms with Crippen molar-refractivity contribution >= 4 is 11.9 Å². The molecule has 1 N–H and O–H groups in total. The topological polar surface area (TPSA) is 60.9 Å². The summed E-state index contributed by atoms with van der Waals surface area (Å²) in [7, 11) is 0. The first-order chi connectivity index (χ1) is 11.6. The van der Waals surface area contributed by atoms with Crippen LogP contribution in [-0.2, 0) is 9.59 Å². The van der Waals surface area contributed by atoms with Gasteiger partial charge in [0.25, 0.3) is 0 Å². The second-order valence-corrected chi connectivity index (χ2v) is 7.04. The van der Waals surface area contributed by atoms with Crippen LogP contribution in [0.4, 0.5) is 0 Å². The van der Waals surface area contributed by atoms with E-state index in [0.29, 0.717) is 19.6 Å². The number of aryl methyl sites for hydroxylation is 1. The number of hydrogen-bond acceptors (Lipinski definition) is 3. The van der Waals surface area contributed by atoms with E-state index in [9.17, 15) is 14.7 Å². The Morgan fingerprint density at radius 3 is 2.50 bits per heavy atom. The van der Waals surface area contributed by atoms with Gasteiger partial charge in [-0.15, -0.1) is 0 Å². The number of carboxylic acid groups (broad SMARTS) is 1. The van der Waals surface area contributed by atoms with Gasteiger partial charge in [-0.05, 0) is 44.0 Å². The van der Waals surface area contributed by atoms with Crippen LogP contribution < -0.4 is 0 Å². The fraction of sp³-hybridized carbons (Fsp3) is 0.579. The molecule has 2 unspecified atom stereocenters. The zero-order valence-corrected chi connectivity index (χ0v) is 14.3. The predicted molar refractivity (Wildman–Crippen MR) is 91.9 cm³/mol. The zero-order chi connectivity index (χ0) is 17.1. The van der Waals surface area contributed by atoms with E-state index in [2.05, 4.69) is 4.90 Å². The molecule has 130 valence electrons. The number of nitrogens with zero attached hydrogens (tertiary/aromatic N) is 2. The molecule has 1 amide bonds. The minimum absolute atomic E-state index is 0.0687. The summed E-state index contributed by atoms with van der Waals surface area (Å²) in [5.41, 5.74) is 2.15. The van der Waals surface area contributed by atoms with Crippen LogP contribution in [0.1, 0.15) is 36.3 Å². The summed E-state index contributed by atoms with van der Waals surface area (Å²) >= 11 is 0. The Morgan fingerprint density at radius 1 is 1.12 bits per heavy atom. The maximum atomic E-state index is 12.6. The van der Waals surface area contributed by atoms with E-state index in [1.165, 1.54) is 6.42 Å². The van der Waals surface area contributed by atoms with Gasteiger partial charge in [0.05, 0.1) is 12.5 Å². The van der Waals surface area contributed by atoms with E-state index in [1.807, 2.05) is 31.2 Å². The van der Waals surface area contributed by atoms with Gasteiger partial charge in [-0.2, -0.15) is 0 Å². The lowest BCUT2D eigenvalue weighted by Gasteiger charge is -2.28. The van der Waals surface area contributed by atoms with Crippen molar-refractivity contribution in [3.05, 3.63) is 35.4 Å². The first kappa shape index (κ1) is 17.0. The van der Waals surface area contributed by atoms with Crippen LogP contribution >= 0.6 is 0 Å². The van der Waals surface area contributed by atoms with Crippen LogP contribution in [0.25, 0.3) is 0 Å². The molecule has 2 heterocycles. The van der Waals surface area contributed by atoms with Crippen molar-refractivity contribution in [2.75, 3.05) is 32.7 Å². The Bertz CT molecular complexity index is 610. The molecular formula is C19H26N2O3. The van der Waals surface area contributed by atoms with E-state index in [1.54, 1.807) is 4.90 Å². The maximum absolute atomic E-state index is 12.6. The minimum atomic E-state index is -0.809. The highest BCUT2D eigenvalue weighted by atomic mass is 16.4. The van der Waals surface area contributed by atoms with Gasteiger partial charge in [-0.1, -0.05) is 30.7 Å². The summed E-state index contributed by atoms with van der Waals surface area (Å²) in [4.78, 5) is 28.3. The van der Waals surface area contributed by atoms with Gasteiger partial charge in [0.15, 0.2) is 0 Å². The summed E-state index contributed by atoms with van der Waals surface area (Å²) < 4.78 is 0. The lowest BCUT2D eigenvalue weighted by atomic mass is 9.86. The third-order valence-electron chi connectivity index (χ3n) is 5.39. The number of carbonyl (C=O) groups excluding carboxylic acids is 1. The van der Waals surface area contributed by atoms with E-state index in [4.69, 9.17) is 0 Å². The van der Waals surface area contributed by atoms with Crippen LogP contribution in [0.15, 0.2) is 24.3 Å². The first-order valence-electron chi connectivity index (χ1n) is 8.84. The summed E-state index contributed by atoms with van der Waals surface area (Å²) in [5.74, 6) is -1.37. The van der Waals surface area contributed by atoms with Gasteiger partial charge in [0.2, 0.25) is 5.91 Å². The second kappa shape index (κ2) is 7.34. The molecule has 2 fully saturated rings. The maximum Gasteiger partial charge on any atom is 0.308 e. The lowest BCUT2D eigenvalue weighted by Crippen LogP contribution is -2.41. The molecule has 2 aliphatic rings. The molecule has 2 atom stereocenters. The molecule has 2 saturated heterocycles.